The Bertz CT molecular complexity index is 565. The van der Waals surface area contributed by atoms with Crippen molar-refractivity contribution in [3.63, 3.8) is 0 Å². The smallest absolute Gasteiger partial charge is 0.150 e. The van der Waals surface area contributed by atoms with Gasteiger partial charge in [-0.3, -0.25) is 4.79 Å². The summed E-state index contributed by atoms with van der Waals surface area (Å²) in [6, 6.07) is 15.6. The van der Waals surface area contributed by atoms with Crippen molar-refractivity contribution in [2.75, 3.05) is 11.9 Å². The zero-order valence-electron chi connectivity index (χ0n) is 11.0. The lowest BCUT2D eigenvalue weighted by molar-refractivity contribution is 0.112. The Morgan fingerprint density at radius 3 is 2.42 bits per heavy atom. The van der Waals surface area contributed by atoms with Crippen LogP contribution >= 0.6 is 11.6 Å². The predicted octanol–water partition coefficient (Wildman–Crippen LogP) is 4.35. The molecule has 98 valence electrons. The van der Waals surface area contributed by atoms with E-state index >= 15 is 0 Å². The molecule has 2 aromatic carbocycles. The molecule has 0 saturated carbocycles. The molecule has 0 amide bonds. The molecule has 0 saturated heterocycles. The Hall–Kier alpha value is -1.80. The van der Waals surface area contributed by atoms with E-state index in [2.05, 4.69) is 17.9 Å². The second-order valence-corrected chi connectivity index (χ2v) is 4.99. The summed E-state index contributed by atoms with van der Waals surface area (Å²) in [5.41, 5.74) is 2.92. The molecule has 0 fully saturated rings. The number of aldehydes is 1. The van der Waals surface area contributed by atoms with Crippen molar-refractivity contribution in [2.45, 2.75) is 13.0 Å². The van der Waals surface area contributed by atoms with E-state index in [1.807, 2.05) is 49.5 Å². The van der Waals surface area contributed by atoms with E-state index in [1.165, 1.54) is 0 Å². The first-order chi connectivity index (χ1) is 9.11. The number of nitrogens with zero attached hydrogens (tertiary/aromatic N) is 1. The maximum atomic E-state index is 10.7. The SMILES string of the molecule is CC(c1cccc(Cl)c1)N(C)c1ccc(C=O)cc1. The number of anilines is 1. The first kappa shape index (κ1) is 13.6. The third kappa shape index (κ3) is 3.15. The Balaban J connectivity index is 2.22. The topological polar surface area (TPSA) is 20.3 Å². The molecule has 2 nitrogen and oxygen atoms in total. The molecule has 19 heavy (non-hydrogen) atoms. The minimum atomic E-state index is 0.209. The molecular weight excluding hydrogens is 258 g/mol. The second kappa shape index (κ2) is 5.89. The van der Waals surface area contributed by atoms with Crippen LogP contribution in [0.2, 0.25) is 5.02 Å². The van der Waals surface area contributed by atoms with Gasteiger partial charge in [0.1, 0.15) is 6.29 Å². The molecule has 0 aliphatic heterocycles. The first-order valence-electron chi connectivity index (χ1n) is 6.15. The fourth-order valence-corrected chi connectivity index (χ4v) is 2.20. The van der Waals surface area contributed by atoms with E-state index < -0.39 is 0 Å². The summed E-state index contributed by atoms with van der Waals surface area (Å²) in [7, 11) is 2.03. The lowest BCUT2D eigenvalue weighted by atomic mass is 10.1. The second-order valence-electron chi connectivity index (χ2n) is 4.55. The van der Waals surface area contributed by atoms with Crippen molar-refractivity contribution < 1.29 is 4.79 Å². The molecule has 0 aliphatic rings. The Morgan fingerprint density at radius 1 is 1.16 bits per heavy atom. The maximum absolute atomic E-state index is 10.7. The van der Waals surface area contributed by atoms with Crippen molar-refractivity contribution >= 4 is 23.6 Å². The van der Waals surface area contributed by atoms with Crippen LogP contribution in [0.3, 0.4) is 0 Å². The van der Waals surface area contributed by atoms with Crippen LogP contribution in [0.5, 0.6) is 0 Å². The number of carbonyl (C=O) groups is 1. The predicted molar refractivity (Wildman–Crippen MR) is 80.1 cm³/mol. The van der Waals surface area contributed by atoms with E-state index in [-0.39, 0.29) is 6.04 Å². The summed E-state index contributed by atoms with van der Waals surface area (Å²) in [5, 5.41) is 0.744. The number of benzene rings is 2. The molecule has 0 N–H and O–H groups in total. The van der Waals surface area contributed by atoms with Gasteiger partial charge in [0.15, 0.2) is 0 Å². The molecule has 0 aliphatic carbocycles. The van der Waals surface area contributed by atoms with E-state index in [9.17, 15) is 4.79 Å². The number of carbonyl (C=O) groups excluding carboxylic acids is 1. The highest BCUT2D eigenvalue weighted by molar-refractivity contribution is 6.30. The summed E-state index contributed by atoms with van der Waals surface area (Å²) in [6.45, 7) is 2.12. The van der Waals surface area contributed by atoms with Crippen LogP contribution in [-0.4, -0.2) is 13.3 Å². The van der Waals surface area contributed by atoms with Crippen LogP contribution < -0.4 is 4.90 Å². The van der Waals surface area contributed by atoms with Crippen LogP contribution in [0.1, 0.15) is 28.9 Å². The van der Waals surface area contributed by atoms with Crippen LogP contribution in [0, 0.1) is 0 Å². The van der Waals surface area contributed by atoms with Gasteiger partial charge in [-0.25, -0.2) is 0 Å². The maximum Gasteiger partial charge on any atom is 0.150 e. The van der Waals surface area contributed by atoms with Gasteiger partial charge in [0.05, 0.1) is 6.04 Å². The lowest BCUT2D eigenvalue weighted by Gasteiger charge is -2.27. The Kier molecular flexibility index (Phi) is 4.23. The zero-order valence-corrected chi connectivity index (χ0v) is 11.8. The molecule has 1 unspecified atom stereocenters. The Labute approximate surface area is 118 Å². The van der Waals surface area contributed by atoms with E-state index in [1.54, 1.807) is 0 Å². The van der Waals surface area contributed by atoms with E-state index in [4.69, 9.17) is 11.6 Å². The fraction of sp³-hybridized carbons (Fsp3) is 0.188. The summed E-state index contributed by atoms with van der Waals surface area (Å²) in [4.78, 5) is 12.8. The van der Waals surface area contributed by atoms with Gasteiger partial charge >= 0.3 is 0 Å². The van der Waals surface area contributed by atoms with Crippen LogP contribution in [0.15, 0.2) is 48.5 Å². The van der Waals surface area contributed by atoms with Crippen LogP contribution in [0.25, 0.3) is 0 Å². The van der Waals surface area contributed by atoms with Crippen LogP contribution in [0.4, 0.5) is 5.69 Å². The van der Waals surface area contributed by atoms with Gasteiger partial charge in [-0.15, -0.1) is 0 Å². The number of halogens is 1. The average Bonchev–Trinajstić information content (AvgIpc) is 2.46. The average molecular weight is 274 g/mol. The first-order valence-corrected chi connectivity index (χ1v) is 6.53. The normalized spacial score (nSPS) is 11.9. The van der Waals surface area contributed by atoms with Crippen LogP contribution in [-0.2, 0) is 0 Å². The van der Waals surface area contributed by atoms with Gasteiger partial charge in [-0.1, -0.05) is 23.7 Å². The Morgan fingerprint density at radius 2 is 1.84 bits per heavy atom. The van der Waals surface area contributed by atoms with Gasteiger partial charge in [-0.2, -0.15) is 0 Å². The summed E-state index contributed by atoms with van der Waals surface area (Å²) >= 11 is 6.02. The molecule has 1 atom stereocenters. The number of hydrogen-bond donors (Lipinski definition) is 0. The molecular formula is C16H16ClNO. The van der Waals surface area contributed by atoms with Gasteiger partial charge in [0.25, 0.3) is 0 Å². The number of rotatable bonds is 4. The van der Waals surface area contributed by atoms with Gasteiger partial charge in [0.2, 0.25) is 0 Å². The van der Waals surface area contributed by atoms with Gasteiger partial charge in [-0.05, 0) is 48.9 Å². The van der Waals surface area contributed by atoms with Crippen molar-refractivity contribution in [3.05, 3.63) is 64.7 Å². The van der Waals surface area contributed by atoms with Gasteiger partial charge < -0.3 is 4.90 Å². The van der Waals surface area contributed by atoms with Crippen molar-refractivity contribution in [1.29, 1.82) is 0 Å². The minimum Gasteiger partial charge on any atom is -0.368 e. The van der Waals surface area contributed by atoms with Crippen molar-refractivity contribution in [2.24, 2.45) is 0 Å². The highest BCUT2D eigenvalue weighted by Gasteiger charge is 2.12. The monoisotopic (exact) mass is 273 g/mol. The van der Waals surface area contributed by atoms with Crippen molar-refractivity contribution in [3.8, 4) is 0 Å². The highest BCUT2D eigenvalue weighted by atomic mass is 35.5. The molecule has 0 heterocycles. The standard InChI is InChI=1S/C16H16ClNO/c1-12(14-4-3-5-15(17)10-14)18(2)16-8-6-13(11-19)7-9-16/h3-12H,1-2H3. The van der Waals surface area contributed by atoms with Gasteiger partial charge in [0, 0.05) is 23.3 Å². The molecule has 0 radical (unpaired) electrons. The summed E-state index contributed by atoms with van der Waals surface area (Å²) in [5.74, 6) is 0. The molecule has 0 bridgehead atoms. The van der Waals surface area contributed by atoms with E-state index in [0.29, 0.717) is 5.56 Å². The largest absolute Gasteiger partial charge is 0.368 e. The third-order valence-corrected chi connectivity index (χ3v) is 3.58. The third-order valence-electron chi connectivity index (χ3n) is 3.35. The highest BCUT2D eigenvalue weighted by Crippen LogP contribution is 2.26. The zero-order chi connectivity index (χ0) is 13.8. The molecule has 0 aromatic heterocycles. The fourth-order valence-electron chi connectivity index (χ4n) is 2.00. The number of hydrogen-bond acceptors (Lipinski definition) is 2. The summed E-state index contributed by atoms with van der Waals surface area (Å²) in [6.07, 6.45) is 0.851. The van der Waals surface area contributed by atoms with E-state index in [0.717, 1.165) is 22.6 Å². The molecule has 2 rings (SSSR count). The lowest BCUT2D eigenvalue weighted by Crippen LogP contribution is -2.21. The quantitative estimate of drug-likeness (QED) is 0.772. The molecule has 3 heteroatoms. The minimum absolute atomic E-state index is 0.209. The van der Waals surface area contributed by atoms with Crippen molar-refractivity contribution in [1.82, 2.24) is 0 Å². The molecule has 2 aromatic rings. The molecule has 0 spiro atoms. The summed E-state index contributed by atoms with van der Waals surface area (Å²) < 4.78 is 0.